The monoisotopic (exact) mass is 288 g/mol. The lowest BCUT2D eigenvalue weighted by molar-refractivity contribution is 0.433. The smallest absolute Gasteiger partial charge is 0.241 e. The molecule has 0 radical (unpaired) electrons. The molecule has 0 aromatic heterocycles. The van der Waals surface area contributed by atoms with E-state index < -0.39 is 15.8 Å². The number of nitrogen functional groups attached to an aromatic ring is 1. The summed E-state index contributed by atoms with van der Waals surface area (Å²) >= 11 is 0. The first-order valence-electron chi connectivity index (χ1n) is 6.27. The number of hydrogen-bond donors (Lipinski definition) is 2. The van der Waals surface area contributed by atoms with Crippen molar-refractivity contribution in [1.29, 1.82) is 0 Å². The lowest BCUT2D eigenvalue weighted by Crippen LogP contribution is -2.37. The summed E-state index contributed by atoms with van der Waals surface area (Å²) in [6.45, 7) is 7.17. The minimum atomic E-state index is -3.76. The van der Waals surface area contributed by atoms with Gasteiger partial charge in [0.05, 0.1) is 4.90 Å². The van der Waals surface area contributed by atoms with E-state index in [1.807, 2.05) is 13.8 Å². The van der Waals surface area contributed by atoms with Crippen molar-refractivity contribution in [3.05, 3.63) is 23.5 Å². The van der Waals surface area contributed by atoms with Gasteiger partial charge in [-0.3, -0.25) is 0 Å². The molecule has 0 bridgehead atoms. The topological polar surface area (TPSA) is 72.2 Å². The summed E-state index contributed by atoms with van der Waals surface area (Å²) in [4.78, 5) is -0.0971. The minimum Gasteiger partial charge on any atom is -0.399 e. The first-order chi connectivity index (χ1) is 8.69. The first kappa shape index (κ1) is 15.9. The van der Waals surface area contributed by atoms with Crippen LogP contribution in [0.5, 0.6) is 0 Å². The van der Waals surface area contributed by atoms with Crippen molar-refractivity contribution >= 4 is 15.7 Å². The van der Waals surface area contributed by atoms with E-state index in [4.69, 9.17) is 5.73 Å². The zero-order chi connectivity index (χ0) is 14.8. The van der Waals surface area contributed by atoms with Crippen molar-refractivity contribution in [1.82, 2.24) is 4.72 Å². The molecule has 0 saturated carbocycles. The highest BCUT2D eigenvalue weighted by molar-refractivity contribution is 7.89. The maximum Gasteiger partial charge on any atom is 0.241 e. The maximum atomic E-state index is 13.6. The highest BCUT2D eigenvalue weighted by Gasteiger charge is 2.23. The van der Waals surface area contributed by atoms with Crippen molar-refractivity contribution in [2.75, 3.05) is 5.73 Å². The number of nitrogens with one attached hydrogen (secondary N) is 1. The number of benzene rings is 1. The SMILES string of the molecule is CCC(C)C(C)NS(=O)(=O)c1cc(N)cc(F)c1C. The molecular weight excluding hydrogens is 267 g/mol. The Morgan fingerprint density at radius 1 is 1.37 bits per heavy atom. The highest BCUT2D eigenvalue weighted by atomic mass is 32.2. The van der Waals surface area contributed by atoms with Gasteiger partial charge >= 0.3 is 0 Å². The van der Waals surface area contributed by atoms with Gasteiger partial charge in [0.2, 0.25) is 10.0 Å². The van der Waals surface area contributed by atoms with Crippen LogP contribution in [0.1, 0.15) is 32.8 Å². The van der Waals surface area contributed by atoms with E-state index in [9.17, 15) is 12.8 Å². The molecule has 2 unspecified atom stereocenters. The van der Waals surface area contributed by atoms with Crippen LogP contribution >= 0.6 is 0 Å². The van der Waals surface area contributed by atoms with Gasteiger partial charge in [-0.2, -0.15) is 0 Å². The molecule has 108 valence electrons. The maximum absolute atomic E-state index is 13.6. The van der Waals surface area contributed by atoms with Crippen molar-refractivity contribution in [2.45, 2.75) is 45.1 Å². The van der Waals surface area contributed by atoms with Gasteiger partial charge < -0.3 is 5.73 Å². The molecule has 1 rings (SSSR count). The van der Waals surface area contributed by atoms with Gasteiger partial charge in [0.25, 0.3) is 0 Å². The van der Waals surface area contributed by atoms with Gasteiger partial charge in [-0.05, 0) is 31.9 Å². The van der Waals surface area contributed by atoms with Gasteiger partial charge in [0, 0.05) is 17.3 Å². The molecule has 3 N–H and O–H groups in total. The lowest BCUT2D eigenvalue weighted by Gasteiger charge is -2.20. The van der Waals surface area contributed by atoms with E-state index in [2.05, 4.69) is 4.72 Å². The molecule has 1 aromatic carbocycles. The molecule has 0 heterocycles. The van der Waals surface area contributed by atoms with E-state index in [0.717, 1.165) is 12.5 Å². The van der Waals surface area contributed by atoms with Gasteiger partial charge in [0.15, 0.2) is 0 Å². The van der Waals surface area contributed by atoms with Crippen LogP contribution in [0.15, 0.2) is 17.0 Å². The molecule has 6 heteroatoms. The molecule has 4 nitrogen and oxygen atoms in total. The average molecular weight is 288 g/mol. The normalized spacial score (nSPS) is 15.2. The molecule has 0 aliphatic rings. The Bertz CT molecular complexity index is 558. The molecule has 0 fully saturated rings. The lowest BCUT2D eigenvalue weighted by atomic mass is 10.0. The minimum absolute atomic E-state index is 0.0815. The van der Waals surface area contributed by atoms with E-state index in [1.54, 1.807) is 6.92 Å². The van der Waals surface area contributed by atoms with Crippen LogP contribution in [-0.2, 0) is 10.0 Å². The summed E-state index contributed by atoms with van der Waals surface area (Å²) in [5, 5.41) is 0. The van der Waals surface area contributed by atoms with Crippen LogP contribution in [0.3, 0.4) is 0 Å². The Hall–Kier alpha value is -1.14. The van der Waals surface area contributed by atoms with Gasteiger partial charge in [-0.15, -0.1) is 0 Å². The van der Waals surface area contributed by atoms with Crippen molar-refractivity contribution in [3.63, 3.8) is 0 Å². The van der Waals surface area contributed by atoms with Gasteiger partial charge in [-0.1, -0.05) is 20.3 Å². The van der Waals surface area contributed by atoms with E-state index in [1.165, 1.54) is 13.0 Å². The third kappa shape index (κ3) is 3.67. The largest absolute Gasteiger partial charge is 0.399 e. The highest BCUT2D eigenvalue weighted by Crippen LogP contribution is 2.22. The molecule has 2 atom stereocenters. The van der Waals surface area contributed by atoms with E-state index >= 15 is 0 Å². The predicted molar refractivity (Wildman–Crippen MR) is 74.8 cm³/mol. The molecule has 19 heavy (non-hydrogen) atoms. The van der Waals surface area contributed by atoms with Crippen LogP contribution < -0.4 is 10.5 Å². The summed E-state index contributed by atoms with van der Waals surface area (Å²) < 4.78 is 40.6. The van der Waals surface area contributed by atoms with Crippen LogP contribution in [0.4, 0.5) is 10.1 Å². The van der Waals surface area contributed by atoms with Gasteiger partial charge in [0.1, 0.15) is 5.82 Å². The van der Waals surface area contributed by atoms with Crippen molar-refractivity contribution < 1.29 is 12.8 Å². The Balaban J connectivity index is 3.14. The number of halogens is 1. The van der Waals surface area contributed by atoms with Crippen LogP contribution in [0, 0.1) is 18.7 Å². The number of anilines is 1. The summed E-state index contributed by atoms with van der Waals surface area (Å²) in [7, 11) is -3.76. The number of rotatable bonds is 5. The standard InChI is InChI=1S/C13H21FN2O2S/c1-5-8(2)10(4)16-19(17,18)13-7-11(15)6-12(14)9(13)3/h6-8,10,16H,5,15H2,1-4H3. The molecule has 0 amide bonds. The van der Waals surface area contributed by atoms with Gasteiger partial charge in [-0.25, -0.2) is 17.5 Å². The third-order valence-electron chi connectivity index (χ3n) is 3.45. The predicted octanol–water partition coefficient (Wildman–Crippen LogP) is 2.43. The quantitative estimate of drug-likeness (QED) is 0.817. The average Bonchev–Trinajstić information content (AvgIpc) is 2.31. The number of nitrogens with two attached hydrogens (primary N) is 1. The molecule has 1 aromatic rings. The summed E-state index contributed by atoms with van der Waals surface area (Å²) in [6, 6.07) is 2.18. The number of sulfonamides is 1. The second-order valence-electron chi connectivity index (χ2n) is 4.92. The van der Waals surface area contributed by atoms with Crippen LogP contribution in [0.2, 0.25) is 0 Å². The fourth-order valence-electron chi connectivity index (χ4n) is 1.73. The molecule has 0 aliphatic carbocycles. The molecular formula is C13H21FN2O2S. The summed E-state index contributed by atoms with van der Waals surface area (Å²) in [5.41, 5.74) is 5.69. The van der Waals surface area contributed by atoms with E-state index in [0.29, 0.717) is 0 Å². The fourth-order valence-corrected chi connectivity index (χ4v) is 3.37. The Kier molecular flexibility index (Phi) is 4.92. The molecule has 0 spiro atoms. The molecule has 0 aliphatic heterocycles. The zero-order valence-electron chi connectivity index (χ0n) is 11.7. The second-order valence-corrected chi connectivity index (χ2v) is 6.60. The molecule has 0 saturated heterocycles. The van der Waals surface area contributed by atoms with Crippen molar-refractivity contribution in [2.24, 2.45) is 5.92 Å². The van der Waals surface area contributed by atoms with Crippen molar-refractivity contribution in [3.8, 4) is 0 Å². The zero-order valence-corrected chi connectivity index (χ0v) is 12.5. The Labute approximate surface area is 114 Å². The Morgan fingerprint density at radius 2 is 1.95 bits per heavy atom. The van der Waals surface area contributed by atoms with E-state index in [-0.39, 0.29) is 28.1 Å². The fraction of sp³-hybridized carbons (Fsp3) is 0.538. The number of hydrogen-bond acceptors (Lipinski definition) is 3. The summed E-state index contributed by atoms with van der Waals surface area (Å²) in [6.07, 6.45) is 0.855. The van der Waals surface area contributed by atoms with Crippen LogP contribution in [0.25, 0.3) is 0 Å². The second kappa shape index (κ2) is 5.88. The first-order valence-corrected chi connectivity index (χ1v) is 7.75. The third-order valence-corrected chi connectivity index (χ3v) is 5.13. The van der Waals surface area contributed by atoms with Crippen LogP contribution in [-0.4, -0.2) is 14.5 Å². The summed E-state index contributed by atoms with van der Waals surface area (Å²) in [5.74, 6) is -0.419. The Morgan fingerprint density at radius 3 is 2.47 bits per heavy atom.